The second-order valence-electron chi connectivity index (χ2n) is 6.75. The smallest absolute Gasteiger partial charge is 0.244 e. The number of carbonyl (C=O) groups is 1. The SMILES string of the molecule is O=C(N/N=C/c1ccccc1O)[C@H]1CC1(c1ccccc1)c1ccccc1. The van der Waals surface area contributed by atoms with Crippen molar-refractivity contribution in [3.63, 3.8) is 0 Å². The highest BCUT2D eigenvalue weighted by Gasteiger charge is 2.60. The summed E-state index contributed by atoms with van der Waals surface area (Å²) in [6, 6.07) is 27.1. The summed E-state index contributed by atoms with van der Waals surface area (Å²) in [5.41, 5.74) is 5.17. The zero-order valence-electron chi connectivity index (χ0n) is 14.7. The lowest BCUT2D eigenvalue weighted by molar-refractivity contribution is -0.122. The minimum absolute atomic E-state index is 0.116. The van der Waals surface area contributed by atoms with Crippen LogP contribution in [0.1, 0.15) is 23.1 Å². The molecule has 1 fully saturated rings. The highest BCUT2D eigenvalue weighted by molar-refractivity contribution is 5.88. The first-order chi connectivity index (χ1) is 13.2. The number of carbonyl (C=O) groups excluding carboxylic acids is 1. The molecule has 3 aromatic carbocycles. The van der Waals surface area contributed by atoms with Crippen LogP contribution in [0, 0.1) is 5.92 Å². The van der Waals surface area contributed by atoms with E-state index < -0.39 is 0 Å². The van der Waals surface area contributed by atoms with Gasteiger partial charge in [0.2, 0.25) is 5.91 Å². The number of nitrogens with zero attached hydrogens (tertiary/aromatic N) is 1. The predicted octanol–water partition coefficient (Wildman–Crippen LogP) is 3.85. The van der Waals surface area contributed by atoms with E-state index in [0.29, 0.717) is 5.56 Å². The number of hydrogen-bond donors (Lipinski definition) is 2. The maximum absolute atomic E-state index is 12.8. The number of nitrogens with one attached hydrogen (secondary N) is 1. The first-order valence-corrected chi connectivity index (χ1v) is 8.94. The summed E-state index contributed by atoms with van der Waals surface area (Å²) in [5.74, 6) is -0.164. The van der Waals surface area contributed by atoms with Crippen LogP contribution in [0.4, 0.5) is 0 Å². The topological polar surface area (TPSA) is 61.7 Å². The molecule has 0 radical (unpaired) electrons. The highest BCUT2D eigenvalue weighted by Crippen LogP contribution is 2.58. The largest absolute Gasteiger partial charge is 0.507 e. The van der Waals surface area contributed by atoms with Crippen LogP contribution in [0.5, 0.6) is 5.75 Å². The molecule has 0 aliphatic heterocycles. The van der Waals surface area contributed by atoms with Crippen LogP contribution >= 0.6 is 0 Å². The quantitative estimate of drug-likeness (QED) is 0.539. The summed E-state index contributed by atoms with van der Waals surface area (Å²) in [4.78, 5) is 12.8. The Labute approximate surface area is 158 Å². The molecule has 1 aliphatic carbocycles. The van der Waals surface area contributed by atoms with Gasteiger partial charge in [-0.15, -0.1) is 0 Å². The first kappa shape index (κ1) is 17.0. The van der Waals surface area contributed by atoms with Gasteiger partial charge in [0.05, 0.1) is 12.1 Å². The molecule has 1 saturated carbocycles. The van der Waals surface area contributed by atoms with Gasteiger partial charge in [-0.25, -0.2) is 5.43 Å². The summed E-state index contributed by atoms with van der Waals surface area (Å²) in [6.45, 7) is 0. The average molecular weight is 356 g/mol. The Kier molecular flexibility index (Phi) is 4.47. The first-order valence-electron chi connectivity index (χ1n) is 8.94. The predicted molar refractivity (Wildman–Crippen MR) is 106 cm³/mol. The second kappa shape index (κ2) is 7.08. The number of aromatic hydroxyl groups is 1. The normalized spacial score (nSPS) is 17.6. The number of benzene rings is 3. The van der Waals surface area contributed by atoms with Gasteiger partial charge in [-0.3, -0.25) is 4.79 Å². The molecular weight excluding hydrogens is 336 g/mol. The van der Waals surface area contributed by atoms with Gasteiger partial charge < -0.3 is 5.11 Å². The van der Waals surface area contributed by atoms with E-state index in [-0.39, 0.29) is 23.0 Å². The van der Waals surface area contributed by atoms with Crippen molar-refractivity contribution >= 4 is 12.1 Å². The molecule has 3 aromatic rings. The molecule has 2 N–H and O–H groups in total. The summed E-state index contributed by atoms with van der Waals surface area (Å²) < 4.78 is 0. The molecule has 1 atom stereocenters. The molecule has 0 saturated heterocycles. The molecule has 134 valence electrons. The Bertz CT molecular complexity index is 928. The van der Waals surface area contributed by atoms with E-state index in [1.807, 2.05) is 36.4 Å². The Balaban J connectivity index is 1.55. The van der Waals surface area contributed by atoms with Gasteiger partial charge in [-0.1, -0.05) is 72.8 Å². The third-order valence-electron chi connectivity index (χ3n) is 5.17. The fraction of sp³-hybridized carbons (Fsp3) is 0.130. The summed E-state index contributed by atoms with van der Waals surface area (Å²) in [5, 5.41) is 13.8. The van der Waals surface area contributed by atoms with Crippen LogP contribution in [0.2, 0.25) is 0 Å². The average Bonchev–Trinajstić information content (AvgIpc) is 3.48. The van der Waals surface area contributed by atoms with E-state index in [4.69, 9.17) is 0 Å². The molecule has 0 unspecified atom stereocenters. The summed E-state index contributed by atoms with van der Waals surface area (Å²) in [7, 11) is 0. The zero-order valence-corrected chi connectivity index (χ0v) is 14.7. The fourth-order valence-corrected chi connectivity index (χ4v) is 3.70. The third kappa shape index (κ3) is 3.22. The monoisotopic (exact) mass is 356 g/mol. The maximum Gasteiger partial charge on any atom is 0.244 e. The zero-order chi connectivity index (χ0) is 18.7. The van der Waals surface area contributed by atoms with Crippen molar-refractivity contribution < 1.29 is 9.90 Å². The van der Waals surface area contributed by atoms with E-state index in [1.165, 1.54) is 6.21 Å². The fourth-order valence-electron chi connectivity index (χ4n) is 3.70. The number of phenolic OH excluding ortho intramolecular Hbond substituents is 1. The molecule has 4 nitrogen and oxygen atoms in total. The summed E-state index contributed by atoms with van der Waals surface area (Å²) in [6.07, 6.45) is 2.21. The van der Waals surface area contributed by atoms with Gasteiger partial charge in [-0.2, -0.15) is 5.10 Å². The molecule has 0 heterocycles. The van der Waals surface area contributed by atoms with Crippen molar-refractivity contribution in [3.05, 3.63) is 102 Å². The number of hydrogen-bond acceptors (Lipinski definition) is 3. The van der Waals surface area contributed by atoms with Gasteiger partial charge >= 0.3 is 0 Å². The standard InChI is InChI=1S/C23H20N2O2/c26-21-14-8-7-9-17(21)16-24-25-22(27)20-15-23(20,18-10-3-1-4-11-18)19-12-5-2-6-13-19/h1-14,16,20,26H,15H2,(H,25,27)/b24-16+/t20-/m1/s1. The minimum Gasteiger partial charge on any atom is -0.507 e. The van der Waals surface area contributed by atoms with E-state index in [2.05, 4.69) is 34.8 Å². The Morgan fingerprint density at radius 2 is 1.48 bits per heavy atom. The van der Waals surface area contributed by atoms with E-state index in [1.54, 1.807) is 24.3 Å². The number of rotatable bonds is 5. The lowest BCUT2D eigenvalue weighted by Crippen LogP contribution is -2.25. The van der Waals surface area contributed by atoms with Crippen LogP contribution < -0.4 is 5.43 Å². The molecule has 0 aromatic heterocycles. The number of phenols is 1. The van der Waals surface area contributed by atoms with Crippen molar-refractivity contribution in [3.8, 4) is 5.75 Å². The highest BCUT2D eigenvalue weighted by atomic mass is 16.3. The number of para-hydroxylation sites is 1. The van der Waals surface area contributed by atoms with E-state index >= 15 is 0 Å². The van der Waals surface area contributed by atoms with Gasteiger partial charge in [0, 0.05) is 11.0 Å². The van der Waals surface area contributed by atoms with Crippen LogP contribution in [-0.2, 0) is 10.2 Å². The van der Waals surface area contributed by atoms with Gasteiger partial charge in [0.15, 0.2) is 0 Å². The minimum atomic E-state index is -0.309. The molecule has 0 bridgehead atoms. The van der Waals surface area contributed by atoms with Crippen molar-refractivity contribution in [2.24, 2.45) is 11.0 Å². The van der Waals surface area contributed by atoms with E-state index in [9.17, 15) is 9.90 Å². The van der Waals surface area contributed by atoms with Gasteiger partial charge in [0.1, 0.15) is 5.75 Å². The Morgan fingerprint density at radius 1 is 0.926 bits per heavy atom. The maximum atomic E-state index is 12.8. The molecule has 4 heteroatoms. The van der Waals surface area contributed by atoms with Crippen molar-refractivity contribution in [1.82, 2.24) is 5.43 Å². The molecule has 1 amide bonds. The molecule has 1 aliphatic rings. The third-order valence-corrected chi connectivity index (χ3v) is 5.17. The summed E-state index contributed by atoms with van der Waals surface area (Å²) >= 11 is 0. The van der Waals surface area contributed by atoms with Crippen LogP contribution in [0.3, 0.4) is 0 Å². The lowest BCUT2D eigenvalue weighted by Gasteiger charge is -2.18. The second-order valence-corrected chi connectivity index (χ2v) is 6.75. The van der Waals surface area contributed by atoms with Crippen LogP contribution in [-0.4, -0.2) is 17.2 Å². The van der Waals surface area contributed by atoms with Crippen molar-refractivity contribution in [2.45, 2.75) is 11.8 Å². The molecule has 27 heavy (non-hydrogen) atoms. The van der Waals surface area contributed by atoms with Gasteiger partial charge in [-0.05, 0) is 29.7 Å². The van der Waals surface area contributed by atoms with Crippen molar-refractivity contribution in [2.75, 3.05) is 0 Å². The molecule has 4 rings (SSSR count). The molecular formula is C23H20N2O2. The van der Waals surface area contributed by atoms with Gasteiger partial charge in [0.25, 0.3) is 0 Å². The lowest BCUT2D eigenvalue weighted by atomic mass is 9.85. The Morgan fingerprint density at radius 3 is 2.07 bits per heavy atom. The van der Waals surface area contributed by atoms with Crippen LogP contribution in [0.25, 0.3) is 0 Å². The number of hydrazone groups is 1. The molecule has 0 spiro atoms. The van der Waals surface area contributed by atoms with Crippen LogP contribution in [0.15, 0.2) is 90.0 Å². The van der Waals surface area contributed by atoms with E-state index in [0.717, 1.165) is 17.5 Å². The van der Waals surface area contributed by atoms with Crippen molar-refractivity contribution in [1.29, 1.82) is 0 Å². The number of amides is 1. The Hall–Kier alpha value is -3.40.